The van der Waals surface area contributed by atoms with Crippen LogP contribution in [-0.2, 0) is 0 Å². The van der Waals surface area contributed by atoms with Crippen LogP contribution in [0.5, 0.6) is 0 Å². The first-order valence-corrected chi connectivity index (χ1v) is 5.75. The van der Waals surface area contributed by atoms with Crippen molar-refractivity contribution in [3.8, 4) is 0 Å². The Labute approximate surface area is 92.2 Å². The van der Waals surface area contributed by atoms with E-state index in [0.717, 1.165) is 19.4 Å². The Morgan fingerprint density at radius 1 is 0.929 bits per heavy atom. The summed E-state index contributed by atoms with van der Waals surface area (Å²) in [5.74, 6) is 0.629. The van der Waals surface area contributed by atoms with E-state index in [9.17, 15) is 4.39 Å². The maximum Gasteiger partial charge on any atom is 0.116 e. The van der Waals surface area contributed by atoms with E-state index in [-0.39, 0.29) is 18.4 Å². The lowest BCUT2D eigenvalue weighted by Crippen LogP contribution is -2.48. The standard InChI is InChI=1S/C11H20FN.ClH/c12-10-7-4-8-13-11(10)9-5-2-1-3-6-9;/h9-11,13H,1-8H2;1H. The molecule has 1 aliphatic carbocycles. The summed E-state index contributed by atoms with van der Waals surface area (Å²) in [5, 5.41) is 3.36. The minimum Gasteiger partial charge on any atom is -0.311 e. The van der Waals surface area contributed by atoms with Crippen molar-refractivity contribution < 1.29 is 4.39 Å². The average Bonchev–Trinajstić information content (AvgIpc) is 2.20. The quantitative estimate of drug-likeness (QED) is 0.718. The summed E-state index contributed by atoms with van der Waals surface area (Å²) in [5.41, 5.74) is 0. The monoisotopic (exact) mass is 221 g/mol. The maximum absolute atomic E-state index is 13.6. The summed E-state index contributed by atoms with van der Waals surface area (Å²) in [7, 11) is 0. The van der Waals surface area contributed by atoms with Crippen LogP contribution in [0.1, 0.15) is 44.9 Å². The molecule has 0 bridgehead atoms. The Morgan fingerprint density at radius 3 is 2.29 bits per heavy atom. The van der Waals surface area contributed by atoms with Gasteiger partial charge in [-0.15, -0.1) is 12.4 Å². The lowest BCUT2D eigenvalue weighted by Gasteiger charge is -2.36. The minimum absolute atomic E-state index is 0. The van der Waals surface area contributed by atoms with Crippen molar-refractivity contribution in [2.75, 3.05) is 6.54 Å². The molecule has 2 aliphatic rings. The lowest BCUT2D eigenvalue weighted by atomic mass is 9.80. The van der Waals surface area contributed by atoms with E-state index >= 15 is 0 Å². The van der Waals surface area contributed by atoms with E-state index < -0.39 is 6.17 Å². The van der Waals surface area contributed by atoms with Crippen LogP contribution in [0.25, 0.3) is 0 Å². The number of alkyl halides is 1. The average molecular weight is 222 g/mol. The number of halogens is 2. The molecule has 1 N–H and O–H groups in total. The third-order valence-electron chi connectivity index (χ3n) is 3.58. The van der Waals surface area contributed by atoms with Gasteiger partial charge in [0.15, 0.2) is 0 Å². The fourth-order valence-corrected chi connectivity index (χ4v) is 2.83. The summed E-state index contributed by atoms with van der Waals surface area (Å²) in [6.45, 7) is 1.03. The van der Waals surface area contributed by atoms with E-state index in [1.165, 1.54) is 32.1 Å². The molecular formula is C11H21ClFN. The predicted octanol–water partition coefficient (Wildman–Crippen LogP) is 3.08. The Balaban J connectivity index is 0.000000980. The van der Waals surface area contributed by atoms with Crippen LogP contribution >= 0.6 is 12.4 Å². The van der Waals surface area contributed by atoms with Gasteiger partial charge < -0.3 is 5.32 Å². The number of hydrogen-bond acceptors (Lipinski definition) is 1. The zero-order valence-electron chi connectivity index (χ0n) is 8.68. The largest absolute Gasteiger partial charge is 0.311 e. The van der Waals surface area contributed by atoms with Gasteiger partial charge in [-0.3, -0.25) is 0 Å². The van der Waals surface area contributed by atoms with Gasteiger partial charge >= 0.3 is 0 Å². The van der Waals surface area contributed by atoms with Gasteiger partial charge in [-0.1, -0.05) is 19.3 Å². The Bertz CT molecular complexity index is 159. The van der Waals surface area contributed by atoms with Crippen molar-refractivity contribution in [3.05, 3.63) is 0 Å². The molecule has 2 atom stereocenters. The van der Waals surface area contributed by atoms with Gasteiger partial charge in [-0.2, -0.15) is 0 Å². The number of hydrogen-bond donors (Lipinski definition) is 1. The lowest BCUT2D eigenvalue weighted by molar-refractivity contribution is 0.130. The zero-order chi connectivity index (χ0) is 9.10. The van der Waals surface area contributed by atoms with E-state index in [2.05, 4.69) is 5.32 Å². The molecule has 0 spiro atoms. The minimum atomic E-state index is -0.572. The number of nitrogens with one attached hydrogen (secondary N) is 1. The fraction of sp³-hybridized carbons (Fsp3) is 1.00. The molecule has 14 heavy (non-hydrogen) atoms. The highest BCUT2D eigenvalue weighted by molar-refractivity contribution is 5.85. The Hall–Kier alpha value is 0.180. The van der Waals surface area contributed by atoms with Gasteiger partial charge in [-0.05, 0) is 38.1 Å². The van der Waals surface area contributed by atoms with Crippen molar-refractivity contribution in [1.82, 2.24) is 5.32 Å². The van der Waals surface area contributed by atoms with Gasteiger partial charge in [0.2, 0.25) is 0 Å². The van der Waals surface area contributed by atoms with Crippen LogP contribution in [0.15, 0.2) is 0 Å². The molecule has 0 amide bonds. The molecule has 1 saturated heterocycles. The van der Waals surface area contributed by atoms with Crippen LogP contribution in [0, 0.1) is 5.92 Å². The SMILES string of the molecule is Cl.FC1CCCNC1C1CCCCC1. The first-order valence-electron chi connectivity index (χ1n) is 5.75. The van der Waals surface area contributed by atoms with Crippen molar-refractivity contribution in [2.45, 2.75) is 57.2 Å². The summed E-state index contributed by atoms with van der Waals surface area (Å²) in [6, 6.07) is 0.189. The molecule has 84 valence electrons. The zero-order valence-corrected chi connectivity index (χ0v) is 9.49. The van der Waals surface area contributed by atoms with Crippen molar-refractivity contribution in [3.63, 3.8) is 0 Å². The van der Waals surface area contributed by atoms with Gasteiger partial charge in [0.1, 0.15) is 6.17 Å². The van der Waals surface area contributed by atoms with Crippen LogP contribution in [0.4, 0.5) is 4.39 Å². The molecule has 0 radical (unpaired) electrons. The first-order chi connectivity index (χ1) is 6.38. The van der Waals surface area contributed by atoms with E-state index in [4.69, 9.17) is 0 Å². The second kappa shape index (κ2) is 5.92. The smallest absolute Gasteiger partial charge is 0.116 e. The summed E-state index contributed by atoms with van der Waals surface area (Å²) in [4.78, 5) is 0. The summed E-state index contributed by atoms with van der Waals surface area (Å²) < 4.78 is 13.6. The van der Waals surface area contributed by atoms with Gasteiger partial charge in [0.05, 0.1) is 0 Å². The molecule has 0 aromatic heterocycles. The van der Waals surface area contributed by atoms with E-state index in [0.29, 0.717) is 5.92 Å². The highest BCUT2D eigenvalue weighted by atomic mass is 35.5. The van der Waals surface area contributed by atoms with Crippen molar-refractivity contribution >= 4 is 12.4 Å². The van der Waals surface area contributed by atoms with E-state index in [1.807, 2.05) is 0 Å². The summed E-state index contributed by atoms with van der Waals surface area (Å²) >= 11 is 0. The molecular weight excluding hydrogens is 201 g/mol. The van der Waals surface area contributed by atoms with Crippen LogP contribution < -0.4 is 5.32 Å². The third kappa shape index (κ3) is 2.83. The molecule has 2 unspecified atom stereocenters. The molecule has 2 fully saturated rings. The van der Waals surface area contributed by atoms with Gasteiger partial charge in [0, 0.05) is 6.04 Å². The summed E-state index contributed by atoms with van der Waals surface area (Å²) in [6.07, 6.45) is 7.72. The van der Waals surface area contributed by atoms with Crippen molar-refractivity contribution in [2.24, 2.45) is 5.92 Å². The van der Waals surface area contributed by atoms with E-state index in [1.54, 1.807) is 0 Å². The fourth-order valence-electron chi connectivity index (χ4n) is 2.83. The molecule has 0 aromatic rings. The topological polar surface area (TPSA) is 12.0 Å². The van der Waals surface area contributed by atoms with Crippen molar-refractivity contribution in [1.29, 1.82) is 0 Å². The molecule has 1 saturated carbocycles. The molecule has 3 heteroatoms. The van der Waals surface area contributed by atoms with Gasteiger partial charge in [-0.25, -0.2) is 4.39 Å². The Morgan fingerprint density at radius 2 is 1.64 bits per heavy atom. The second-order valence-corrected chi connectivity index (χ2v) is 4.54. The molecule has 0 aromatic carbocycles. The molecule has 1 nitrogen and oxygen atoms in total. The highest BCUT2D eigenvalue weighted by Crippen LogP contribution is 2.30. The normalized spacial score (nSPS) is 34.9. The number of rotatable bonds is 1. The second-order valence-electron chi connectivity index (χ2n) is 4.54. The Kier molecular flexibility index (Phi) is 5.18. The molecule has 1 heterocycles. The molecule has 2 rings (SSSR count). The highest BCUT2D eigenvalue weighted by Gasteiger charge is 2.31. The third-order valence-corrected chi connectivity index (χ3v) is 3.58. The first kappa shape index (κ1) is 12.3. The van der Waals surface area contributed by atoms with Crippen LogP contribution in [0.3, 0.4) is 0 Å². The van der Waals surface area contributed by atoms with Gasteiger partial charge in [0.25, 0.3) is 0 Å². The molecule has 1 aliphatic heterocycles. The van der Waals surface area contributed by atoms with Crippen LogP contribution in [-0.4, -0.2) is 18.8 Å². The van der Waals surface area contributed by atoms with Crippen LogP contribution in [0.2, 0.25) is 0 Å². The predicted molar refractivity (Wildman–Crippen MR) is 59.7 cm³/mol. The number of piperidine rings is 1. The maximum atomic E-state index is 13.6.